The second-order valence-electron chi connectivity index (χ2n) is 8.38. The van der Waals surface area contributed by atoms with Gasteiger partial charge in [-0.25, -0.2) is 4.99 Å². The van der Waals surface area contributed by atoms with Crippen molar-refractivity contribution in [1.29, 1.82) is 0 Å². The Hall–Kier alpha value is -2.28. The number of hydrogen-bond donors (Lipinski definition) is 3. The molecular weight excluding hydrogens is 378 g/mol. The second-order valence-corrected chi connectivity index (χ2v) is 8.38. The van der Waals surface area contributed by atoms with Gasteiger partial charge >= 0.3 is 0 Å². The first-order valence-corrected chi connectivity index (χ1v) is 11.4. The summed E-state index contributed by atoms with van der Waals surface area (Å²) in [5, 5.41) is 6.74. The van der Waals surface area contributed by atoms with Crippen LogP contribution in [-0.2, 0) is 11.3 Å². The Morgan fingerprint density at radius 1 is 1.27 bits per heavy atom. The van der Waals surface area contributed by atoms with Crippen molar-refractivity contribution in [3.05, 3.63) is 29.8 Å². The number of hydrogen-bond acceptors (Lipinski definition) is 4. The van der Waals surface area contributed by atoms with Crippen LogP contribution in [0.2, 0.25) is 0 Å². The zero-order valence-electron chi connectivity index (χ0n) is 18.2. The Bertz CT molecular complexity index is 705. The first-order valence-electron chi connectivity index (χ1n) is 11.4. The van der Waals surface area contributed by atoms with Crippen molar-refractivity contribution in [2.24, 2.45) is 22.6 Å². The molecule has 0 aromatic heterocycles. The van der Waals surface area contributed by atoms with Gasteiger partial charge in [-0.2, -0.15) is 0 Å². The molecule has 1 aromatic rings. The number of nitrogens with zero attached hydrogens (tertiary/aromatic N) is 2. The number of carbonyl (C=O) groups excluding carboxylic acids is 1. The summed E-state index contributed by atoms with van der Waals surface area (Å²) in [6, 6.07) is 8.17. The molecule has 1 atom stereocenters. The molecule has 1 aliphatic heterocycles. The molecule has 3 rings (SSSR count). The third-order valence-corrected chi connectivity index (χ3v) is 5.75. The Labute approximate surface area is 180 Å². The fraction of sp³-hybridized carbons (Fsp3) is 0.652. The first kappa shape index (κ1) is 22.4. The average molecular weight is 416 g/mol. The van der Waals surface area contributed by atoms with E-state index in [0.717, 1.165) is 81.8 Å². The number of likely N-dealkylation sites (tertiary alicyclic amines) is 1. The molecule has 1 unspecified atom stereocenters. The number of guanidine groups is 1. The Morgan fingerprint density at radius 2 is 2.10 bits per heavy atom. The van der Waals surface area contributed by atoms with Crippen LogP contribution in [0.3, 0.4) is 0 Å². The summed E-state index contributed by atoms with van der Waals surface area (Å²) >= 11 is 0. The minimum atomic E-state index is -0.166. The highest BCUT2D eigenvalue weighted by Crippen LogP contribution is 2.30. The molecule has 0 bridgehead atoms. The van der Waals surface area contributed by atoms with Gasteiger partial charge in [0.1, 0.15) is 5.75 Å². The van der Waals surface area contributed by atoms with Gasteiger partial charge in [-0.05, 0) is 64.1 Å². The second kappa shape index (κ2) is 11.8. The van der Waals surface area contributed by atoms with Gasteiger partial charge in [-0.1, -0.05) is 18.2 Å². The van der Waals surface area contributed by atoms with Gasteiger partial charge in [0.25, 0.3) is 0 Å². The number of carbonyl (C=O) groups is 1. The number of benzene rings is 1. The molecule has 166 valence electrons. The molecule has 7 heteroatoms. The van der Waals surface area contributed by atoms with Crippen molar-refractivity contribution in [2.45, 2.75) is 45.6 Å². The van der Waals surface area contributed by atoms with Gasteiger partial charge in [0, 0.05) is 25.2 Å². The molecule has 4 N–H and O–H groups in total. The van der Waals surface area contributed by atoms with E-state index in [-0.39, 0.29) is 11.8 Å². The molecule has 1 saturated heterocycles. The summed E-state index contributed by atoms with van der Waals surface area (Å²) < 4.78 is 6.00. The van der Waals surface area contributed by atoms with E-state index >= 15 is 0 Å². The number of ether oxygens (including phenoxy) is 1. The maximum Gasteiger partial charge on any atom is 0.221 e. The number of para-hydroxylation sites is 1. The summed E-state index contributed by atoms with van der Waals surface area (Å²) in [5.41, 5.74) is 6.59. The molecule has 1 aliphatic carbocycles. The van der Waals surface area contributed by atoms with Crippen molar-refractivity contribution in [2.75, 3.05) is 39.3 Å². The molecule has 2 aliphatic rings. The predicted molar refractivity (Wildman–Crippen MR) is 120 cm³/mol. The quantitative estimate of drug-likeness (QED) is 0.292. The van der Waals surface area contributed by atoms with Crippen LogP contribution >= 0.6 is 0 Å². The maximum absolute atomic E-state index is 11.4. The van der Waals surface area contributed by atoms with E-state index in [0.29, 0.717) is 6.54 Å². The molecular formula is C23H37N5O2. The lowest BCUT2D eigenvalue weighted by Crippen LogP contribution is -2.43. The summed E-state index contributed by atoms with van der Waals surface area (Å²) in [5.74, 6) is 2.34. The van der Waals surface area contributed by atoms with Crippen LogP contribution in [0.15, 0.2) is 29.3 Å². The SMILES string of the molecule is CCNC(=NCc1ccccc1OCC1CC1)NCCCN1CCCC(C(N)=O)C1. The van der Waals surface area contributed by atoms with Crippen LogP contribution in [0.1, 0.15) is 44.6 Å². The number of nitrogens with one attached hydrogen (secondary N) is 2. The number of piperidine rings is 1. The number of primary amides is 1. The van der Waals surface area contributed by atoms with E-state index in [9.17, 15) is 4.79 Å². The van der Waals surface area contributed by atoms with Crippen molar-refractivity contribution in [3.8, 4) is 5.75 Å². The van der Waals surface area contributed by atoms with Crippen LogP contribution in [0.5, 0.6) is 5.75 Å². The van der Waals surface area contributed by atoms with Crippen LogP contribution in [0, 0.1) is 11.8 Å². The zero-order chi connectivity index (χ0) is 21.2. The summed E-state index contributed by atoms with van der Waals surface area (Å²) in [6.07, 6.45) is 5.54. The summed E-state index contributed by atoms with van der Waals surface area (Å²) in [6.45, 7) is 7.93. The number of amides is 1. The maximum atomic E-state index is 11.4. The van der Waals surface area contributed by atoms with Crippen molar-refractivity contribution in [1.82, 2.24) is 15.5 Å². The first-order chi connectivity index (χ1) is 14.7. The van der Waals surface area contributed by atoms with Crippen molar-refractivity contribution < 1.29 is 9.53 Å². The predicted octanol–water partition coefficient (Wildman–Crippen LogP) is 2.12. The van der Waals surface area contributed by atoms with Gasteiger partial charge in [0.15, 0.2) is 5.96 Å². The molecule has 1 amide bonds. The van der Waals surface area contributed by atoms with E-state index in [2.05, 4.69) is 28.5 Å². The van der Waals surface area contributed by atoms with Crippen LogP contribution in [0.25, 0.3) is 0 Å². The van der Waals surface area contributed by atoms with Crippen LogP contribution in [0.4, 0.5) is 0 Å². The average Bonchev–Trinajstić information content (AvgIpc) is 3.59. The zero-order valence-corrected chi connectivity index (χ0v) is 18.2. The fourth-order valence-corrected chi connectivity index (χ4v) is 3.77. The van der Waals surface area contributed by atoms with Gasteiger partial charge < -0.3 is 26.0 Å². The van der Waals surface area contributed by atoms with Crippen molar-refractivity contribution >= 4 is 11.9 Å². The van der Waals surface area contributed by atoms with Crippen molar-refractivity contribution in [3.63, 3.8) is 0 Å². The van der Waals surface area contributed by atoms with Gasteiger partial charge in [-0.3, -0.25) is 4.79 Å². The third-order valence-electron chi connectivity index (χ3n) is 5.75. The topological polar surface area (TPSA) is 92.0 Å². The molecule has 30 heavy (non-hydrogen) atoms. The third kappa shape index (κ3) is 7.52. The van der Waals surface area contributed by atoms with E-state index in [1.165, 1.54) is 12.8 Å². The molecule has 0 radical (unpaired) electrons. The standard InChI is InChI=1S/C23H37N5O2/c1-2-25-23(26-12-6-14-28-13-5-8-20(16-28)22(24)29)27-15-19-7-3-4-9-21(19)30-17-18-10-11-18/h3-4,7,9,18,20H,2,5-6,8,10-17H2,1H3,(H2,24,29)(H2,25,26,27). The molecule has 1 aromatic carbocycles. The minimum Gasteiger partial charge on any atom is -0.493 e. The molecule has 0 spiro atoms. The molecule has 1 saturated carbocycles. The minimum absolute atomic E-state index is 0.00722. The Balaban J connectivity index is 1.44. The monoisotopic (exact) mass is 415 g/mol. The van der Waals surface area contributed by atoms with Crippen LogP contribution < -0.4 is 21.1 Å². The van der Waals surface area contributed by atoms with Gasteiger partial charge in [-0.15, -0.1) is 0 Å². The lowest BCUT2D eigenvalue weighted by molar-refractivity contribution is -0.123. The van der Waals surface area contributed by atoms with E-state index in [4.69, 9.17) is 15.5 Å². The van der Waals surface area contributed by atoms with E-state index in [1.807, 2.05) is 18.2 Å². The molecule has 1 heterocycles. The number of rotatable bonds is 11. The molecule has 7 nitrogen and oxygen atoms in total. The Kier molecular flexibility index (Phi) is 8.81. The fourth-order valence-electron chi connectivity index (χ4n) is 3.77. The van der Waals surface area contributed by atoms with E-state index in [1.54, 1.807) is 0 Å². The normalized spacial score (nSPS) is 20.0. The highest BCUT2D eigenvalue weighted by atomic mass is 16.5. The smallest absolute Gasteiger partial charge is 0.221 e. The van der Waals surface area contributed by atoms with Gasteiger partial charge in [0.2, 0.25) is 5.91 Å². The lowest BCUT2D eigenvalue weighted by Gasteiger charge is -2.31. The van der Waals surface area contributed by atoms with Gasteiger partial charge in [0.05, 0.1) is 19.1 Å². The highest BCUT2D eigenvalue weighted by molar-refractivity contribution is 5.79. The Morgan fingerprint density at radius 3 is 2.87 bits per heavy atom. The highest BCUT2D eigenvalue weighted by Gasteiger charge is 2.23. The number of nitrogens with two attached hydrogens (primary N) is 1. The molecule has 2 fully saturated rings. The lowest BCUT2D eigenvalue weighted by atomic mass is 9.97. The summed E-state index contributed by atoms with van der Waals surface area (Å²) in [7, 11) is 0. The number of aliphatic imine (C=N–C) groups is 1. The van der Waals surface area contributed by atoms with E-state index < -0.39 is 0 Å². The summed E-state index contributed by atoms with van der Waals surface area (Å²) in [4.78, 5) is 18.5. The largest absolute Gasteiger partial charge is 0.493 e. The van der Waals surface area contributed by atoms with Crippen LogP contribution in [-0.4, -0.2) is 56.1 Å².